The van der Waals surface area contributed by atoms with Crippen molar-refractivity contribution in [2.45, 2.75) is 31.7 Å². The molecule has 1 aromatic carbocycles. The zero-order valence-corrected chi connectivity index (χ0v) is 19.4. The van der Waals surface area contributed by atoms with Crippen LogP contribution in [0.1, 0.15) is 46.1 Å². The largest absolute Gasteiger partial charge is 0.493 e. The van der Waals surface area contributed by atoms with Gasteiger partial charge in [0, 0.05) is 36.2 Å². The summed E-state index contributed by atoms with van der Waals surface area (Å²) in [7, 11) is 3.23. The molecule has 2 aromatic heterocycles. The van der Waals surface area contributed by atoms with Gasteiger partial charge in [0.25, 0.3) is 0 Å². The Morgan fingerprint density at radius 3 is 2.74 bits per heavy atom. The minimum atomic E-state index is -0.921. The molecule has 1 unspecified atom stereocenters. The molecule has 178 valence electrons. The van der Waals surface area contributed by atoms with Crippen molar-refractivity contribution in [2.75, 3.05) is 27.4 Å². The number of aromatic nitrogens is 2. The number of aryl methyl sites for hydroxylation is 1. The second-order valence-corrected chi connectivity index (χ2v) is 8.87. The maximum atomic E-state index is 12.2. The van der Waals surface area contributed by atoms with Gasteiger partial charge in [0.05, 0.1) is 30.7 Å². The molecule has 1 fully saturated rings. The van der Waals surface area contributed by atoms with E-state index in [0.29, 0.717) is 48.3 Å². The van der Waals surface area contributed by atoms with E-state index in [-0.39, 0.29) is 6.04 Å². The van der Waals surface area contributed by atoms with Gasteiger partial charge in [0.2, 0.25) is 0 Å². The molecule has 5 rings (SSSR count). The molecule has 8 nitrogen and oxygen atoms in total. The first-order valence-electron chi connectivity index (χ1n) is 11.5. The number of rotatable bonds is 9. The van der Waals surface area contributed by atoms with Crippen LogP contribution in [0.15, 0.2) is 30.5 Å². The van der Waals surface area contributed by atoms with Crippen LogP contribution in [0.4, 0.5) is 0 Å². The molecule has 1 atom stereocenters. The Labute approximate surface area is 198 Å². The first kappa shape index (κ1) is 22.4. The van der Waals surface area contributed by atoms with Gasteiger partial charge in [-0.1, -0.05) is 0 Å². The number of fused-ring (bicyclic) bond motifs is 3. The van der Waals surface area contributed by atoms with E-state index in [9.17, 15) is 9.90 Å². The maximum Gasteiger partial charge on any atom is 0.337 e. The number of hydrogen-bond donors (Lipinski definition) is 3. The normalized spacial score (nSPS) is 15.4. The fourth-order valence-electron chi connectivity index (χ4n) is 4.74. The summed E-state index contributed by atoms with van der Waals surface area (Å²) in [6, 6.07) is 7.43. The number of carboxylic acid groups (broad SMARTS) is 1. The van der Waals surface area contributed by atoms with Crippen LogP contribution in [0.5, 0.6) is 11.5 Å². The highest BCUT2D eigenvalue weighted by Crippen LogP contribution is 2.44. The van der Waals surface area contributed by atoms with Crippen LogP contribution < -0.4 is 15.2 Å². The molecule has 0 spiro atoms. The van der Waals surface area contributed by atoms with E-state index in [0.717, 1.165) is 52.9 Å². The molecule has 1 saturated carbocycles. The van der Waals surface area contributed by atoms with Crippen LogP contribution in [-0.2, 0) is 17.6 Å². The fourth-order valence-corrected chi connectivity index (χ4v) is 4.74. The SMILES string of the molecule is COCCOc1ccc(-c2cc3c(cn2)CCc2c-3[nH]c(C(N)C3CC3)c2C(=O)O)cc1OC. The molecule has 2 heterocycles. The number of benzene rings is 1. The minimum absolute atomic E-state index is 0.281. The molecule has 0 aliphatic heterocycles. The smallest absolute Gasteiger partial charge is 0.337 e. The van der Waals surface area contributed by atoms with Crippen molar-refractivity contribution in [3.05, 3.63) is 52.8 Å². The van der Waals surface area contributed by atoms with Gasteiger partial charge < -0.3 is 30.0 Å². The van der Waals surface area contributed by atoms with Gasteiger partial charge in [-0.05, 0) is 67.0 Å². The standard InChI is InChI=1S/C26H29N3O5/c1-32-9-10-34-20-8-6-15(11-21(20)33-2)19-12-18-16(13-28-19)5-7-17-22(26(30)31)25(29-24(17)18)23(27)14-3-4-14/h6,8,11-14,23,29H,3-5,7,9-10,27H2,1-2H3,(H,30,31). The molecule has 0 radical (unpaired) electrons. The quantitative estimate of drug-likeness (QED) is 0.411. The number of nitrogens with one attached hydrogen (secondary N) is 1. The van der Waals surface area contributed by atoms with Gasteiger partial charge in [0.15, 0.2) is 11.5 Å². The highest BCUT2D eigenvalue weighted by atomic mass is 16.5. The predicted octanol–water partition coefficient (Wildman–Crippen LogP) is 3.98. The van der Waals surface area contributed by atoms with Crippen molar-refractivity contribution in [1.82, 2.24) is 9.97 Å². The molecule has 2 aliphatic carbocycles. The van der Waals surface area contributed by atoms with Gasteiger partial charge in [-0.2, -0.15) is 0 Å². The third-order valence-electron chi connectivity index (χ3n) is 6.71. The Bertz CT molecular complexity index is 1230. The summed E-state index contributed by atoms with van der Waals surface area (Å²) >= 11 is 0. The number of H-pyrrole nitrogens is 1. The van der Waals surface area contributed by atoms with Crippen molar-refractivity contribution in [1.29, 1.82) is 0 Å². The average Bonchev–Trinajstić information content (AvgIpc) is 3.62. The van der Waals surface area contributed by atoms with Crippen LogP contribution in [0.3, 0.4) is 0 Å². The van der Waals surface area contributed by atoms with Crippen molar-refractivity contribution in [2.24, 2.45) is 11.7 Å². The number of carboxylic acids is 1. The van der Waals surface area contributed by atoms with Crippen LogP contribution in [0, 0.1) is 5.92 Å². The number of aromatic amines is 1. The van der Waals surface area contributed by atoms with E-state index in [1.807, 2.05) is 30.5 Å². The van der Waals surface area contributed by atoms with Crippen LogP contribution >= 0.6 is 0 Å². The first-order valence-corrected chi connectivity index (χ1v) is 11.5. The number of hydrogen-bond acceptors (Lipinski definition) is 6. The molecule has 0 saturated heterocycles. The third-order valence-corrected chi connectivity index (χ3v) is 6.71. The number of ether oxygens (including phenoxy) is 3. The molecule has 3 aromatic rings. The Hall–Kier alpha value is -3.36. The van der Waals surface area contributed by atoms with Gasteiger partial charge in [-0.25, -0.2) is 4.79 Å². The summed E-state index contributed by atoms with van der Waals surface area (Å²) in [6.45, 7) is 0.913. The van der Waals surface area contributed by atoms with E-state index >= 15 is 0 Å². The number of aromatic carboxylic acids is 1. The number of pyridine rings is 1. The Balaban J connectivity index is 1.53. The lowest BCUT2D eigenvalue weighted by atomic mass is 9.88. The molecule has 8 heteroatoms. The summed E-state index contributed by atoms with van der Waals surface area (Å²) in [5.41, 5.74) is 12.8. The second kappa shape index (κ2) is 9.12. The summed E-state index contributed by atoms with van der Waals surface area (Å²) in [6.07, 6.45) is 5.36. The summed E-state index contributed by atoms with van der Waals surface area (Å²) in [5.74, 6) is 0.676. The Kier molecular flexibility index (Phi) is 6.02. The van der Waals surface area contributed by atoms with E-state index in [1.54, 1.807) is 14.2 Å². The van der Waals surface area contributed by atoms with Crippen molar-refractivity contribution in [3.63, 3.8) is 0 Å². The molecule has 0 bridgehead atoms. The first-order chi connectivity index (χ1) is 16.5. The topological polar surface area (TPSA) is 120 Å². The van der Waals surface area contributed by atoms with Crippen molar-refractivity contribution in [3.8, 4) is 34.0 Å². The molecule has 2 aliphatic rings. The molecule has 4 N–H and O–H groups in total. The number of nitrogens with two attached hydrogens (primary N) is 1. The Morgan fingerprint density at radius 2 is 2.03 bits per heavy atom. The number of carbonyl (C=O) groups is 1. The van der Waals surface area contributed by atoms with E-state index < -0.39 is 5.97 Å². The monoisotopic (exact) mass is 463 g/mol. The van der Waals surface area contributed by atoms with Crippen molar-refractivity contribution >= 4 is 5.97 Å². The van der Waals surface area contributed by atoms with Crippen molar-refractivity contribution < 1.29 is 24.1 Å². The highest BCUT2D eigenvalue weighted by Gasteiger charge is 2.36. The lowest BCUT2D eigenvalue weighted by molar-refractivity contribution is 0.0694. The van der Waals surface area contributed by atoms with Gasteiger partial charge in [-0.15, -0.1) is 0 Å². The lowest BCUT2D eigenvalue weighted by Gasteiger charge is -2.18. The van der Waals surface area contributed by atoms with Gasteiger partial charge >= 0.3 is 5.97 Å². The van der Waals surface area contributed by atoms with Crippen LogP contribution in [-0.4, -0.2) is 48.5 Å². The minimum Gasteiger partial charge on any atom is -0.493 e. The lowest BCUT2D eigenvalue weighted by Crippen LogP contribution is -2.17. The predicted molar refractivity (Wildman–Crippen MR) is 127 cm³/mol. The van der Waals surface area contributed by atoms with Crippen LogP contribution in [0.25, 0.3) is 22.5 Å². The fraction of sp³-hybridized carbons (Fsp3) is 0.385. The maximum absolute atomic E-state index is 12.2. The average molecular weight is 464 g/mol. The molecule has 0 amide bonds. The highest BCUT2D eigenvalue weighted by molar-refractivity contribution is 5.95. The number of methoxy groups -OCH3 is 2. The number of nitrogens with zero attached hydrogens (tertiary/aromatic N) is 1. The summed E-state index contributed by atoms with van der Waals surface area (Å²) in [5, 5.41) is 9.98. The third kappa shape index (κ3) is 4.03. The summed E-state index contributed by atoms with van der Waals surface area (Å²) < 4.78 is 16.3. The molecular weight excluding hydrogens is 434 g/mol. The van der Waals surface area contributed by atoms with E-state index in [2.05, 4.69) is 9.97 Å². The van der Waals surface area contributed by atoms with E-state index in [4.69, 9.17) is 19.9 Å². The van der Waals surface area contributed by atoms with Crippen LogP contribution in [0.2, 0.25) is 0 Å². The molecule has 34 heavy (non-hydrogen) atoms. The van der Waals surface area contributed by atoms with Gasteiger partial charge in [-0.3, -0.25) is 4.98 Å². The zero-order chi connectivity index (χ0) is 23.8. The second-order valence-electron chi connectivity index (χ2n) is 8.87. The molecular formula is C26H29N3O5. The zero-order valence-electron chi connectivity index (χ0n) is 19.4. The van der Waals surface area contributed by atoms with E-state index in [1.165, 1.54) is 0 Å². The Morgan fingerprint density at radius 1 is 1.21 bits per heavy atom. The summed E-state index contributed by atoms with van der Waals surface area (Å²) in [4.78, 5) is 20.3. The van der Waals surface area contributed by atoms with Gasteiger partial charge in [0.1, 0.15) is 6.61 Å².